The maximum Gasteiger partial charge on any atom is 0.0745 e. The van der Waals surface area contributed by atoms with Crippen molar-refractivity contribution in [1.29, 1.82) is 0 Å². The first-order valence-corrected chi connectivity index (χ1v) is 7.79. The molecule has 4 heteroatoms. The number of benzene rings is 1. The van der Waals surface area contributed by atoms with Crippen molar-refractivity contribution in [3.63, 3.8) is 0 Å². The summed E-state index contributed by atoms with van der Waals surface area (Å²) < 4.78 is 11.5. The summed E-state index contributed by atoms with van der Waals surface area (Å²) in [7, 11) is 0. The molecule has 0 amide bonds. The van der Waals surface area contributed by atoms with Gasteiger partial charge in [-0.15, -0.1) is 0 Å². The Morgan fingerprint density at radius 1 is 1.25 bits per heavy atom. The van der Waals surface area contributed by atoms with Crippen LogP contribution >= 0.6 is 11.6 Å². The number of aryl methyl sites for hydroxylation is 1. The normalized spacial score (nSPS) is 25.6. The van der Waals surface area contributed by atoms with E-state index in [9.17, 15) is 0 Å². The minimum Gasteiger partial charge on any atom is -0.381 e. The maximum atomic E-state index is 6.28. The van der Waals surface area contributed by atoms with Gasteiger partial charge in [-0.25, -0.2) is 0 Å². The standard InChI is InChI=1S/C16H22ClNO2/c1-12-2-3-14(17)15(10-12)18-13-4-7-20-16(11-13)5-8-19-9-6-16/h2-3,10,13,18H,4-9,11H2,1H3. The monoisotopic (exact) mass is 295 g/mol. The zero-order valence-electron chi connectivity index (χ0n) is 12.0. The summed E-state index contributed by atoms with van der Waals surface area (Å²) in [5.41, 5.74) is 2.29. The second-order valence-electron chi connectivity index (χ2n) is 5.96. The molecule has 0 saturated carbocycles. The lowest BCUT2D eigenvalue weighted by molar-refractivity contribution is -0.135. The maximum absolute atomic E-state index is 6.28. The predicted molar refractivity (Wildman–Crippen MR) is 81.6 cm³/mol. The van der Waals surface area contributed by atoms with Gasteiger partial charge >= 0.3 is 0 Å². The molecule has 2 heterocycles. The van der Waals surface area contributed by atoms with E-state index in [0.717, 1.165) is 56.2 Å². The highest BCUT2D eigenvalue weighted by atomic mass is 35.5. The third-order valence-electron chi connectivity index (χ3n) is 4.38. The van der Waals surface area contributed by atoms with Crippen LogP contribution < -0.4 is 5.32 Å². The molecule has 1 spiro atoms. The number of rotatable bonds is 2. The van der Waals surface area contributed by atoms with Gasteiger partial charge in [0.25, 0.3) is 0 Å². The molecule has 0 radical (unpaired) electrons. The number of halogens is 1. The SMILES string of the molecule is Cc1ccc(Cl)c(NC2CCOC3(CCOCC3)C2)c1. The summed E-state index contributed by atoms with van der Waals surface area (Å²) in [6, 6.07) is 6.55. The molecule has 0 bridgehead atoms. The Bertz CT molecular complexity index is 466. The third kappa shape index (κ3) is 3.11. The molecule has 0 aliphatic carbocycles. The zero-order valence-corrected chi connectivity index (χ0v) is 12.7. The lowest BCUT2D eigenvalue weighted by atomic mass is 9.84. The molecule has 2 aliphatic rings. The first-order chi connectivity index (χ1) is 9.67. The topological polar surface area (TPSA) is 30.5 Å². The van der Waals surface area contributed by atoms with E-state index in [0.29, 0.717) is 6.04 Å². The van der Waals surface area contributed by atoms with E-state index in [1.165, 1.54) is 5.56 Å². The molecule has 3 nitrogen and oxygen atoms in total. The number of hydrogen-bond donors (Lipinski definition) is 1. The predicted octanol–water partition coefficient (Wildman–Crippen LogP) is 3.79. The molecule has 1 unspecified atom stereocenters. The fraction of sp³-hybridized carbons (Fsp3) is 0.625. The van der Waals surface area contributed by atoms with Crippen LogP contribution in [-0.2, 0) is 9.47 Å². The molecule has 20 heavy (non-hydrogen) atoms. The Morgan fingerprint density at radius 3 is 2.85 bits per heavy atom. The van der Waals surface area contributed by atoms with E-state index in [1.807, 2.05) is 12.1 Å². The van der Waals surface area contributed by atoms with Crippen molar-refractivity contribution in [2.75, 3.05) is 25.1 Å². The van der Waals surface area contributed by atoms with Crippen molar-refractivity contribution < 1.29 is 9.47 Å². The zero-order chi connectivity index (χ0) is 14.0. The summed E-state index contributed by atoms with van der Waals surface area (Å²) >= 11 is 6.28. The highest BCUT2D eigenvalue weighted by Crippen LogP contribution is 2.36. The van der Waals surface area contributed by atoms with Crippen LogP contribution in [0, 0.1) is 6.92 Å². The van der Waals surface area contributed by atoms with Crippen molar-refractivity contribution in [1.82, 2.24) is 0 Å². The summed E-state index contributed by atoms with van der Waals surface area (Å²) in [4.78, 5) is 0. The summed E-state index contributed by atoms with van der Waals surface area (Å²) in [6.45, 7) is 4.54. The summed E-state index contributed by atoms with van der Waals surface area (Å²) in [5.74, 6) is 0. The molecule has 2 aliphatic heterocycles. The van der Waals surface area contributed by atoms with Gasteiger partial charge in [-0.3, -0.25) is 0 Å². The van der Waals surface area contributed by atoms with Crippen molar-refractivity contribution in [2.45, 2.75) is 44.2 Å². The minimum atomic E-state index is 0.0183. The molecule has 1 atom stereocenters. The van der Waals surface area contributed by atoms with Crippen molar-refractivity contribution in [2.24, 2.45) is 0 Å². The van der Waals surface area contributed by atoms with Crippen molar-refractivity contribution in [3.8, 4) is 0 Å². The van der Waals surface area contributed by atoms with E-state index in [-0.39, 0.29) is 5.60 Å². The average Bonchev–Trinajstić information content (AvgIpc) is 2.44. The Labute approximate surface area is 125 Å². The van der Waals surface area contributed by atoms with Gasteiger partial charge in [0.2, 0.25) is 0 Å². The molecule has 2 saturated heterocycles. The molecular formula is C16H22ClNO2. The van der Waals surface area contributed by atoms with E-state index >= 15 is 0 Å². The molecule has 1 aromatic rings. The smallest absolute Gasteiger partial charge is 0.0745 e. The molecule has 1 N–H and O–H groups in total. The lowest BCUT2D eigenvalue weighted by Gasteiger charge is -2.43. The largest absolute Gasteiger partial charge is 0.381 e. The number of hydrogen-bond acceptors (Lipinski definition) is 3. The van der Waals surface area contributed by atoms with Gasteiger partial charge in [-0.1, -0.05) is 17.7 Å². The van der Waals surface area contributed by atoms with Crippen LogP contribution in [0.5, 0.6) is 0 Å². The van der Waals surface area contributed by atoms with E-state index in [2.05, 4.69) is 18.3 Å². The average molecular weight is 296 g/mol. The Kier molecular flexibility index (Phi) is 4.20. The van der Waals surface area contributed by atoms with Crippen LogP contribution in [-0.4, -0.2) is 31.5 Å². The minimum absolute atomic E-state index is 0.0183. The third-order valence-corrected chi connectivity index (χ3v) is 4.71. The Morgan fingerprint density at radius 2 is 2.05 bits per heavy atom. The van der Waals surface area contributed by atoms with Gasteiger partial charge in [0, 0.05) is 25.9 Å². The van der Waals surface area contributed by atoms with E-state index in [4.69, 9.17) is 21.1 Å². The molecule has 3 rings (SSSR count). The van der Waals surface area contributed by atoms with Crippen LogP contribution in [0.25, 0.3) is 0 Å². The lowest BCUT2D eigenvalue weighted by Crippen LogP contribution is -2.47. The van der Waals surface area contributed by atoms with Crippen LogP contribution in [0.3, 0.4) is 0 Å². The van der Waals surface area contributed by atoms with Gasteiger partial charge in [-0.2, -0.15) is 0 Å². The molecule has 2 fully saturated rings. The van der Waals surface area contributed by atoms with Gasteiger partial charge in [0.05, 0.1) is 16.3 Å². The fourth-order valence-electron chi connectivity index (χ4n) is 3.21. The number of ether oxygens (including phenoxy) is 2. The first kappa shape index (κ1) is 14.2. The van der Waals surface area contributed by atoms with Crippen LogP contribution in [0.4, 0.5) is 5.69 Å². The molecule has 110 valence electrons. The number of nitrogens with one attached hydrogen (secondary N) is 1. The van der Waals surface area contributed by atoms with Crippen LogP contribution in [0.1, 0.15) is 31.2 Å². The van der Waals surface area contributed by atoms with Crippen LogP contribution in [0.2, 0.25) is 5.02 Å². The first-order valence-electron chi connectivity index (χ1n) is 7.41. The van der Waals surface area contributed by atoms with Gasteiger partial charge in [0.15, 0.2) is 0 Å². The highest BCUT2D eigenvalue weighted by molar-refractivity contribution is 6.33. The molecular weight excluding hydrogens is 274 g/mol. The van der Waals surface area contributed by atoms with Crippen molar-refractivity contribution >= 4 is 17.3 Å². The van der Waals surface area contributed by atoms with E-state index in [1.54, 1.807) is 0 Å². The summed E-state index contributed by atoms with van der Waals surface area (Å²) in [5, 5.41) is 4.40. The number of anilines is 1. The Balaban J connectivity index is 1.69. The van der Waals surface area contributed by atoms with Crippen LogP contribution in [0.15, 0.2) is 18.2 Å². The second-order valence-corrected chi connectivity index (χ2v) is 6.37. The van der Waals surface area contributed by atoms with Gasteiger partial charge < -0.3 is 14.8 Å². The van der Waals surface area contributed by atoms with Crippen molar-refractivity contribution in [3.05, 3.63) is 28.8 Å². The second kappa shape index (κ2) is 5.92. The van der Waals surface area contributed by atoms with Gasteiger partial charge in [-0.05, 0) is 50.3 Å². The quantitative estimate of drug-likeness (QED) is 0.900. The molecule has 0 aromatic heterocycles. The fourth-order valence-corrected chi connectivity index (χ4v) is 3.38. The van der Waals surface area contributed by atoms with E-state index < -0.39 is 0 Å². The highest BCUT2D eigenvalue weighted by Gasteiger charge is 2.39. The Hall–Kier alpha value is -0.770. The summed E-state index contributed by atoms with van der Waals surface area (Å²) in [6.07, 6.45) is 4.09. The molecule has 1 aromatic carbocycles. The van der Waals surface area contributed by atoms with Gasteiger partial charge in [0.1, 0.15) is 0 Å².